The lowest BCUT2D eigenvalue weighted by Gasteiger charge is -2.35. The van der Waals surface area contributed by atoms with Crippen molar-refractivity contribution in [2.45, 2.75) is 92.3 Å². The van der Waals surface area contributed by atoms with Gasteiger partial charge in [0, 0.05) is 52.7 Å². The molecular formula is C34H40O13. The number of rotatable bonds is 16. The second kappa shape index (κ2) is 18.2. The third-order valence-electron chi connectivity index (χ3n) is 6.62. The fourth-order valence-corrected chi connectivity index (χ4v) is 4.65. The fourth-order valence-electron chi connectivity index (χ4n) is 4.65. The highest BCUT2D eigenvalue weighted by atomic mass is 16.6. The van der Waals surface area contributed by atoms with Crippen LogP contribution in [0.5, 0.6) is 0 Å². The lowest BCUT2D eigenvalue weighted by molar-refractivity contribution is -0.199. The molecule has 13 nitrogen and oxygen atoms in total. The van der Waals surface area contributed by atoms with Crippen LogP contribution >= 0.6 is 0 Å². The minimum absolute atomic E-state index is 0.0528. The lowest BCUT2D eigenvalue weighted by atomic mass is 9.91. The first-order valence-electron chi connectivity index (χ1n) is 14.8. The molecule has 0 aromatic heterocycles. The maximum atomic E-state index is 14.4. The molecule has 0 unspecified atom stereocenters. The molecule has 13 heteroatoms. The lowest BCUT2D eigenvalue weighted by Crippen LogP contribution is -2.55. The van der Waals surface area contributed by atoms with E-state index in [1.807, 2.05) is 31.2 Å². The van der Waals surface area contributed by atoms with E-state index in [9.17, 15) is 33.6 Å². The van der Waals surface area contributed by atoms with Crippen LogP contribution in [0.3, 0.4) is 0 Å². The van der Waals surface area contributed by atoms with Gasteiger partial charge in [-0.25, -0.2) is 0 Å². The maximum absolute atomic E-state index is 14.4. The van der Waals surface area contributed by atoms with E-state index < -0.39 is 72.6 Å². The Kier molecular flexibility index (Phi) is 14.7. The number of benzene rings is 2. The predicted molar refractivity (Wildman–Crippen MR) is 164 cm³/mol. The summed E-state index contributed by atoms with van der Waals surface area (Å²) in [7, 11) is 0. The van der Waals surface area contributed by atoms with Gasteiger partial charge in [0.2, 0.25) is 11.9 Å². The van der Waals surface area contributed by atoms with Gasteiger partial charge in [0.25, 0.3) is 0 Å². The molecule has 0 amide bonds. The summed E-state index contributed by atoms with van der Waals surface area (Å²) in [6, 6.07) is 12.7. The van der Waals surface area contributed by atoms with Crippen LogP contribution in [0, 0.1) is 0 Å². The van der Waals surface area contributed by atoms with Crippen molar-refractivity contribution in [1.82, 2.24) is 0 Å². The largest absolute Gasteiger partial charge is 0.462 e. The number of hydrogen-bond acceptors (Lipinski definition) is 13. The standard InChI is InChI=1S/C34H40O13/c1-8-25-9-11-26(12-10-25)15-27-13-14-28(17-42-19(2)35)29(16-27)31(41)33(46-23(6)39)34(47-24(7)40)32(45-22(5)38)30(44-21(4)37)18-43-20(3)36/h9-14,16,30,32-34H,8,15,17-18H2,1-7H3/t30-,32-,33+,34+/m1/s1. The first-order valence-corrected chi connectivity index (χ1v) is 14.8. The highest BCUT2D eigenvalue weighted by Crippen LogP contribution is 2.26. The van der Waals surface area contributed by atoms with Gasteiger partial charge in [-0.15, -0.1) is 0 Å². The van der Waals surface area contributed by atoms with E-state index >= 15 is 0 Å². The molecule has 0 aliphatic carbocycles. The molecule has 2 rings (SSSR count). The molecule has 0 fully saturated rings. The second-order valence-electron chi connectivity index (χ2n) is 10.6. The molecule has 0 radical (unpaired) electrons. The van der Waals surface area contributed by atoms with E-state index in [0.29, 0.717) is 12.0 Å². The van der Waals surface area contributed by atoms with E-state index in [1.165, 1.54) is 13.0 Å². The molecule has 0 spiro atoms. The Morgan fingerprint density at radius 1 is 0.574 bits per heavy atom. The number of ether oxygens (including phenoxy) is 6. The molecule has 47 heavy (non-hydrogen) atoms. The van der Waals surface area contributed by atoms with Gasteiger partial charge in [0.05, 0.1) is 0 Å². The van der Waals surface area contributed by atoms with Crippen LogP contribution in [0.15, 0.2) is 42.5 Å². The Morgan fingerprint density at radius 2 is 1.09 bits per heavy atom. The first kappa shape index (κ1) is 38.1. The zero-order valence-electron chi connectivity index (χ0n) is 27.5. The minimum Gasteiger partial charge on any atom is -0.462 e. The average Bonchev–Trinajstić information content (AvgIpc) is 2.98. The normalized spacial score (nSPS) is 13.2. The van der Waals surface area contributed by atoms with Gasteiger partial charge in [0.1, 0.15) is 13.2 Å². The topological polar surface area (TPSA) is 175 Å². The van der Waals surface area contributed by atoms with Crippen LogP contribution in [0.4, 0.5) is 0 Å². The highest BCUT2D eigenvalue weighted by Gasteiger charge is 2.47. The van der Waals surface area contributed by atoms with Gasteiger partial charge in [-0.1, -0.05) is 43.3 Å². The summed E-state index contributed by atoms with van der Waals surface area (Å²) >= 11 is 0. The molecule has 4 atom stereocenters. The van der Waals surface area contributed by atoms with Crippen molar-refractivity contribution < 1.29 is 62.0 Å². The number of carbonyl (C=O) groups excluding carboxylic acids is 7. The Bertz CT molecular complexity index is 1460. The SMILES string of the molecule is CCc1ccc(Cc2ccc(COC(C)=O)c(C(=O)[C@H](OC(C)=O)[C@@H](OC(C)=O)[C@H](OC(C)=O)[C@@H](COC(C)=O)OC(C)=O)c2)cc1. The van der Waals surface area contributed by atoms with Crippen molar-refractivity contribution >= 4 is 41.6 Å². The minimum atomic E-state index is -1.98. The van der Waals surface area contributed by atoms with E-state index in [2.05, 4.69) is 0 Å². The number of ketones is 1. The molecule has 0 heterocycles. The van der Waals surface area contributed by atoms with Gasteiger partial charge in [-0.05, 0) is 35.6 Å². The molecule has 0 aliphatic rings. The Morgan fingerprint density at radius 3 is 1.60 bits per heavy atom. The maximum Gasteiger partial charge on any atom is 0.303 e. The van der Waals surface area contributed by atoms with Crippen molar-refractivity contribution in [2.24, 2.45) is 0 Å². The third-order valence-corrected chi connectivity index (χ3v) is 6.62. The number of hydrogen-bond donors (Lipinski definition) is 0. The van der Waals surface area contributed by atoms with Crippen molar-refractivity contribution in [3.8, 4) is 0 Å². The summed E-state index contributed by atoms with van der Waals surface area (Å²) in [6.07, 6.45) is -6.03. The van der Waals surface area contributed by atoms with Crippen LogP contribution < -0.4 is 0 Å². The molecule has 0 N–H and O–H groups in total. The van der Waals surface area contributed by atoms with Crippen LogP contribution in [-0.4, -0.2) is 72.6 Å². The highest BCUT2D eigenvalue weighted by molar-refractivity contribution is 6.02. The molecule has 254 valence electrons. The third kappa shape index (κ3) is 12.7. The predicted octanol–water partition coefficient (Wildman–Crippen LogP) is 3.38. The van der Waals surface area contributed by atoms with Crippen LogP contribution in [0.25, 0.3) is 0 Å². The van der Waals surface area contributed by atoms with E-state index in [4.69, 9.17) is 28.4 Å². The summed E-state index contributed by atoms with van der Waals surface area (Å²) in [6.45, 7) is 7.34. The number of Topliss-reactive ketones (excluding diaryl/α,β-unsaturated/α-hetero) is 1. The Hall–Kier alpha value is -5.07. The summed E-state index contributed by atoms with van der Waals surface area (Å²) in [5.41, 5.74) is 2.92. The van der Waals surface area contributed by atoms with Gasteiger partial charge < -0.3 is 28.4 Å². The smallest absolute Gasteiger partial charge is 0.303 e. The zero-order valence-corrected chi connectivity index (χ0v) is 27.5. The van der Waals surface area contributed by atoms with Gasteiger partial charge in [0.15, 0.2) is 18.3 Å². The molecule has 0 saturated heterocycles. The van der Waals surface area contributed by atoms with Gasteiger partial charge in [-0.2, -0.15) is 0 Å². The van der Waals surface area contributed by atoms with E-state index in [1.54, 1.807) is 12.1 Å². The fraction of sp³-hybridized carbons (Fsp3) is 0.441. The summed E-state index contributed by atoms with van der Waals surface area (Å²) in [4.78, 5) is 86.8. The zero-order chi connectivity index (χ0) is 35.3. The molecule has 0 aliphatic heterocycles. The summed E-state index contributed by atoms with van der Waals surface area (Å²) in [5.74, 6) is -6.11. The monoisotopic (exact) mass is 656 g/mol. The van der Waals surface area contributed by atoms with Crippen LogP contribution in [0.1, 0.15) is 81.1 Å². The Labute approximate surface area is 272 Å². The van der Waals surface area contributed by atoms with Crippen molar-refractivity contribution in [1.29, 1.82) is 0 Å². The molecule has 0 saturated carbocycles. The number of carbonyl (C=O) groups is 7. The summed E-state index contributed by atoms with van der Waals surface area (Å²) in [5, 5.41) is 0. The van der Waals surface area contributed by atoms with Crippen molar-refractivity contribution in [2.75, 3.05) is 6.61 Å². The van der Waals surface area contributed by atoms with Gasteiger partial charge >= 0.3 is 35.8 Å². The average molecular weight is 657 g/mol. The second-order valence-corrected chi connectivity index (χ2v) is 10.6. The molecular weight excluding hydrogens is 616 g/mol. The van der Waals surface area contributed by atoms with Crippen LogP contribution in [0.2, 0.25) is 0 Å². The molecule has 2 aromatic rings. The molecule has 2 aromatic carbocycles. The number of aryl methyl sites for hydroxylation is 1. The van der Waals surface area contributed by atoms with Crippen molar-refractivity contribution in [3.63, 3.8) is 0 Å². The van der Waals surface area contributed by atoms with Gasteiger partial charge in [-0.3, -0.25) is 33.6 Å². The quantitative estimate of drug-likeness (QED) is 0.146. The first-order chi connectivity index (χ1) is 22.1. The Balaban J connectivity index is 2.75. The van der Waals surface area contributed by atoms with Crippen molar-refractivity contribution in [3.05, 3.63) is 70.3 Å². The van der Waals surface area contributed by atoms with Crippen LogP contribution in [-0.2, 0) is 76.6 Å². The van der Waals surface area contributed by atoms with E-state index in [0.717, 1.165) is 52.2 Å². The molecule has 0 bridgehead atoms. The van der Waals surface area contributed by atoms with E-state index in [-0.39, 0.29) is 17.7 Å². The summed E-state index contributed by atoms with van der Waals surface area (Å²) < 4.78 is 31.7. The number of esters is 6.